The second kappa shape index (κ2) is 8.08. The van der Waals surface area contributed by atoms with Crippen LogP contribution >= 0.6 is 0 Å². The fourth-order valence-corrected chi connectivity index (χ4v) is 7.39. The molecule has 0 spiro atoms. The van der Waals surface area contributed by atoms with Crippen molar-refractivity contribution in [3.8, 4) is 0 Å². The number of carbonyl (C=O) groups excluding carboxylic acids is 3. The lowest BCUT2D eigenvalue weighted by Crippen LogP contribution is -2.51. The Morgan fingerprint density at radius 2 is 1.85 bits per heavy atom. The van der Waals surface area contributed by atoms with Crippen molar-refractivity contribution in [3.05, 3.63) is 23.8 Å². The minimum absolute atomic E-state index is 0.0861. The highest BCUT2D eigenvalue weighted by Crippen LogP contribution is 2.65. The summed E-state index contributed by atoms with van der Waals surface area (Å²) in [5, 5.41) is 15.2. The number of carbonyl (C=O) groups is 3. The van der Waals surface area contributed by atoms with Gasteiger partial charge in [0.25, 0.3) is 11.8 Å². The summed E-state index contributed by atoms with van der Waals surface area (Å²) in [6.45, 7) is 4.23. The van der Waals surface area contributed by atoms with Gasteiger partial charge in [0, 0.05) is 12.2 Å². The molecule has 0 saturated heterocycles. The van der Waals surface area contributed by atoms with Gasteiger partial charge in [-0.05, 0) is 86.0 Å². The fourth-order valence-electron chi connectivity index (χ4n) is 7.39. The number of hydrogen-bond acceptors (Lipinski definition) is 7. The average molecular weight is 457 g/mol. The molecule has 3 unspecified atom stereocenters. The minimum Gasteiger partial charge on any atom is -0.393 e. The van der Waals surface area contributed by atoms with Gasteiger partial charge in [0.1, 0.15) is 0 Å². The molecular weight excluding hydrogens is 424 g/mol. The van der Waals surface area contributed by atoms with Gasteiger partial charge in [0.2, 0.25) is 6.61 Å². The van der Waals surface area contributed by atoms with Crippen molar-refractivity contribution in [2.75, 3.05) is 6.61 Å². The Hall–Kier alpha value is -2.48. The van der Waals surface area contributed by atoms with Gasteiger partial charge in [-0.25, -0.2) is 4.79 Å². The number of imide groups is 1. The Morgan fingerprint density at radius 3 is 2.61 bits per heavy atom. The Kier molecular flexibility index (Phi) is 5.46. The first-order valence-corrected chi connectivity index (χ1v) is 12.1. The molecule has 2 amide bonds. The Balaban J connectivity index is 1.22. The molecular formula is C25H32N2O6. The highest BCUT2D eigenvalue weighted by Gasteiger charge is 2.58. The molecule has 0 aromatic heterocycles. The Labute approximate surface area is 193 Å². The summed E-state index contributed by atoms with van der Waals surface area (Å²) in [7, 11) is 0. The number of allylic oxidation sites excluding steroid dienone is 2. The molecule has 0 radical (unpaired) electrons. The number of oxime groups is 1. The lowest BCUT2D eigenvalue weighted by atomic mass is 9.47. The first-order valence-electron chi connectivity index (χ1n) is 12.1. The maximum atomic E-state index is 11.9. The van der Waals surface area contributed by atoms with Crippen LogP contribution in [0.15, 0.2) is 29.0 Å². The van der Waals surface area contributed by atoms with Crippen molar-refractivity contribution in [2.45, 2.75) is 71.3 Å². The van der Waals surface area contributed by atoms with Gasteiger partial charge >= 0.3 is 5.97 Å². The highest BCUT2D eigenvalue weighted by molar-refractivity contribution is 6.12. The van der Waals surface area contributed by atoms with Crippen LogP contribution in [-0.2, 0) is 24.1 Å². The molecule has 178 valence electrons. The predicted molar refractivity (Wildman–Crippen MR) is 118 cm³/mol. The second-order valence-corrected chi connectivity index (χ2v) is 10.8. The smallest absolute Gasteiger partial charge is 0.373 e. The van der Waals surface area contributed by atoms with Gasteiger partial charge in [-0.3, -0.25) is 9.59 Å². The van der Waals surface area contributed by atoms with Gasteiger partial charge in [0.05, 0.1) is 11.8 Å². The standard InChI is InChI=1S/C25H32N2O6/c1-24-11-9-16(26-32-14-23(31)33-27-21(29)7-8-22(27)30)13-15(24)3-4-17-18-5-6-20(28)25(18,2)12-10-19(17)24/h7-8,13,17-20,28H,3-6,9-12,14H2,1-2H3/t17?,18?,19?,20-,24-,25-/m0/s1. The minimum atomic E-state index is -0.859. The van der Waals surface area contributed by atoms with Crippen molar-refractivity contribution in [3.63, 3.8) is 0 Å². The summed E-state index contributed by atoms with van der Waals surface area (Å²) in [5.74, 6) is -0.301. The van der Waals surface area contributed by atoms with Crippen LogP contribution in [0.4, 0.5) is 0 Å². The second-order valence-electron chi connectivity index (χ2n) is 10.8. The van der Waals surface area contributed by atoms with Gasteiger partial charge in [-0.15, -0.1) is 0 Å². The van der Waals surface area contributed by atoms with E-state index in [0.717, 1.165) is 62.8 Å². The van der Waals surface area contributed by atoms with Crippen LogP contribution in [0, 0.1) is 28.6 Å². The number of aliphatic hydroxyl groups excluding tert-OH is 1. The van der Waals surface area contributed by atoms with E-state index in [1.165, 1.54) is 12.0 Å². The number of hydrogen-bond donors (Lipinski definition) is 1. The zero-order valence-electron chi connectivity index (χ0n) is 19.3. The first kappa shape index (κ1) is 22.3. The van der Waals surface area contributed by atoms with Crippen molar-refractivity contribution in [1.29, 1.82) is 0 Å². The summed E-state index contributed by atoms with van der Waals surface area (Å²) < 4.78 is 0. The van der Waals surface area contributed by atoms with E-state index in [0.29, 0.717) is 22.8 Å². The van der Waals surface area contributed by atoms with Crippen molar-refractivity contribution in [1.82, 2.24) is 5.06 Å². The van der Waals surface area contributed by atoms with Crippen LogP contribution in [-0.4, -0.2) is 46.4 Å². The third-order valence-electron chi connectivity index (χ3n) is 9.25. The van der Waals surface area contributed by atoms with Crippen LogP contribution in [0.2, 0.25) is 0 Å². The molecule has 0 aromatic carbocycles. The number of aliphatic hydroxyl groups is 1. The molecule has 1 heterocycles. The molecule has 0 bridgehead atoms. The van der Waals surface area contributed by atoms with E-state index in [4.69, 9.17) is 9.68 Å². The average Bonchev–Trinajstić information content (AvgIpc) is 3.26. The van der Waals surface area contributed by atoms with Gasteiger partial charge in [0.15, 0.2) is 0 Å². The molecule has 5 aliphatic rings. The Morgan fingerprint density at radius 1 is 1.09 bits per heavy atom. The predicted octanol–water partition coefficient (Wildman–Crippen LogP) is 3.07. The molecule has 8 heteroatoms. The van der Waals surface area contributed by atoms with Crippen LogP contribution in [0.1, 0.15) is 65.2 Å². The lowest BCUT2D eigenvalue weighted by Gasteiger charge is -2.57. The van der Waals surface area contributed by atoms with E-state index in [9.17, 15) is 19.5 Å². The van der Waals surface area contributed by atoms with Gasteiger partial charge in [-0.2, -0.15) is 0 Å². The van der Waals surface area contributed by atoms with Crippen molar-refractivity contribution in [2.24, 2.45) is 33.7 Å². The SMILES string of the molecule is C[C@]12CCC(=NOCC(=O)ON3C(=O)C=CC3=O)C=C1CCC1C2CC[C@@]2(C)C1CC[C@@H]2O. The molecule has 1 aliphatic heterocycles. The summed E-state index contributed by atoms with van der Waals surface area (Å²) in [4.78, 5) is 44.7. The van der Waals surface area contributed by atoms with E-state index in [2.05, 4.69) is 25.1 Å². The number of nitrogens with zero attached hydrogens (tertiary/aromatic N) is 2. The van der Waals surface area contributed by atoms with Crippen LogP contribution in [0.5, 0.6) is 0 Å². The molecule has 1 N–H and O–H groups in total. The fraction of sp³-hybridized carbons (Fsp3) is 0.680. The highest BCUT2D eigenvalue weighted by atomic mass is 16.7. The number of fused-ring (bicyclic) bond motifs is 5. The lowest BCUT2D eigenvalue weighted by molar-refractivity contribution is -0.199. The molecule has 3 fully saturated rings. The van der Waals surface area contributed by atoms with Crippen LogP contribution in [0.25, 0.3) is 0 Å². The van der Waals surface area contributed by atoms with E-state index in [1.807, 2.05) is 0 Å². The van der Waals surface area contributed by atoms with E-state index in [-0.39, 0.29) is 16.9 Å². The zero-order valence-corrected chi connectivity index (χ0v) is 19.3. The number of amides is 2. The molecule has 5 rings (SSSR count). The van der Waals surface area contributed by atoms with Crippen molar-refractivity contribution >= 4 is 23.5 Å². The quantitative estimate of drug-likeness (QED) is 0.515. The maximum Gasteiger partial charge on any atom is 0.373 e. The molecule has 6 atom stereocenters. The summed E-state index contributed by atoms with van der Waals surface area (Å²) >= 11 is 0. The molecule has 3 saturated carbocycles. The van der Waals surface area contributed by atoms with E-state index in [1.54, 1.807) is 0 Å². The maximum absolute atomic E-state index is 11.9. The molecule has 0 aromatic rings. The molecule has 4 aliphatic carbocycles. The van der Waals surface area contributed by atoms with Crippen LogP contribution < -0.4 is 0 Å². The van der Waals surface area contributed by atoms with E-state index >= 15 is 0 Å². The summed E-state index contributed by atoms with van der Waals surface area (Å²) in [6.07, 6.45) is 12.4. The molecule has 8 nitrogen and oxygen atoms in total. The third kappa shape index (κ3) is 3.63. The van der Waals surface area contributed by atoms with Gasteiger partial charge < -0.3 is 14.8 Å². The number of hydroxylamine groups is 2. The van der Waals surface area contributed by atoms with E-state index < -0.39 is 24.4 Å². The third-order valence-corrected chi connectivity index (χ3v) is 9.25. The van der Waals surface area contributed by atoms with Crippen molar-refractivity contribution < 1.29 is 29.2 Å². The summed E-state index contributed by atoms with van der Waals surface area (Å²) in [6, 6.07) is 0. The summed E-state index contributed by atoms with van der Waals surface area (Å²) in [5.41, 5.74) is 2.46. The monoisotopic (exact) mass is 456 g/mol. The first-order chi connectivity index (χ1) is 15.7. The normalized spacial score (nSPS) is 40.9. The van der Waals surface area contributed by atoms with Gasteiger partial charge in [-0.1, -0.05) is 29.6 Å². The van der Waals surface area contributed by atoms with Crippen LogP contribution in [0.3, 0.4) is 0 Å². The Bertz CT molecular complexity index is 952. The molecule has 33 heavy (non-hydrogen) atoms. The number of rotatable bonds is 4. The largest absolute Gasteiger partial charge is 0.393 e. The zero-order chi connectivity index (χ0) is 23.4. The topological polar surface area (TPSA) is 106 Å².